The number of ether oxygens (including phenoxy) is 2. The zero-order chi connectivity index (χ0) is 30.7. The molecule has 9 nitrogen and oxygen atoms in total. The predicted molar refractivity (Wildman–Crippen MR) is 159 cm³/mol. The smallest absolute Gasteiger partial charge is 0.410 e. The highest BCUT2D eigenvalue weighted by Gasteiger charge is 2.26. The Morgan fingerprint density at radius 1 is 0.833 bits per heavy atom. The number of pyridine rings is 1. The fraction of sp³-hybridized carbons (Fsp3) is 0.438. The second-order valence-electron chi connectivity index (χ2n) is 12.4. The Bertz CT molecular complexity index is 1400. The molecule has 0 aliphatic carbocycles. The van der Waals surface area contributed by atoms with Crippen LogP contribution in [0, 0.1) is 5.82 Å². The minimum absolute atomic E-state index is 0.172. The SMILES string of the molecule is CC(C)(C)OC(=O)N1CC=C(c2ccc(NC(=O)c3ccc(C4=CCN(C(=O)OC(C)(C)C)CC4)c(F)c3)nc2)CC1. The van der Waals surface area contributed by atoms with Gasteiger partial charge in [0.1, 0.15) is 22.8 Å². The van der Waals surface area contributed by atoms with Crippen molar-refractivity contribution in [3.63, 3.8) is 0 Å². The van der Waals surface area contributed by atoms with Gasteiger partial charge >= 0.3 is 12.2 Å². The molecule has 4 rings (SSSR count). The monoisotopic (exact) mass is 578 g/mol. The van der Waals surface area contributed by atoms with Crippen LogP contribution in [0.2, 0.25) is 0 Å². The van der Waals surface area contributed by atoms with Crippen LogP contribution in [0.3, 0.4) is 0 Å². The van der Waals surface area contributed by atoms with E-state index in [0.29, 0.717) is 50.4 Å². The van der Waals surface area contributed by atoms with Crippen molar-refractivity contribution in [3.8, 4) is 0 Å². The number of benzene rings is 1. The Morgan fingerprint density at radius 2 is 1.40 bits per heavy atom. The third-order valence-electron chi connectivity index (χ3n) is 6.67. The summed E-state index contributed by atoms with van der Waals surface area (Å²) in [5, 5.41) is 2.72. The van der Waals surface area contributed by atoms with E-state index in [-0.39, 0.29) is 11.7 Å². The minimum atomic E-state index is -0.582. The van der Waals surface area contributed by atoms with Gasteiger partial charge in [0.15, 0.2) is 0 Å². The van der Waals surface area contributed by atoms with Crippen molar-refractivity contribution in [2.24, 2.45) is 0 Å². The first-order valence-electron chi connectivity index (χ1n) is 14.1. The van der Waals surface area contributed by atoms with Crippen LogP contribution >= 0.6 is 0 Å². The van der Waals surface area contributed by atoms with E-state index in [2.05, 4.69) is 10.3 Å². The average Bonchev–Trinajstić information content (AvgIpc) is 2.92. The molecule has 0 bridgehead atoms. The van der Waals surface area contributed by atoms with Gasteiger partial charge in [0.25, 0.3) is 5.91 Å². The summed E-state index contributed by atoms with van der Waals surface area (Å²) in [6, 6.07) is 7.93. The van der Waals surface area contributed by atoms with Gasteiger partial charge in [0.05, 0.1) is 0 Å². The molecule has 2 aromatic rings. The maximum Gasteiger partial charge on any atom is 0.410 e. The van der Waals surface area contributed by atoms with E-state index >= 15 is 4.39 Å². The minimum Gasteiger partial charge on any atom is -0.444 e. The molecule has 42 heavy (non-hydrogen) atoms. The summed E-state index contributed by atoms with van der Waals surface area (Å²) in [5.41, 5.74) is 2.19. The van der Waals surface area contributed by atoms with E-state index in [1.165, 1.54) is 6.07 Å². The van der Waals surface area contributed by atoms with E-state index in [4.69, 9.17) is 9.47 Å². The fourth-order valence-electron chi connectivity index (χ4n) is 4.59. The lowest BCUT2D eigenvalue weighted by atomic mass is 9.97. The summed E-state index contributed by atoms with van der Waals surface area (Å²) in [5.74, 6) is -0.635. The standard InChI is InChI=1S/C32H39FN4O5/c1-31(2,3)41-29(39)36-15-11-21(12-16-36)24-8-10-27(34-20-24)35-28(38)23-7-9-25(26(33)19-23)22-13-17-37(18-14-22)30(40)42-32(4,5)6/h7-11,13,19-20H,12,14-18H2,1-6H3,(H,34,35,38). The number of carbonyl (C=O) groups excluding carboxylic acids is 3. The van der Waals surface area contributed by atoms with Crippen molar-refractivity contribution in [2.75, 3.05) is 31.5 Å². The fourth-order valence-corrected chi connectivity index (χ4v) is 4.59. The Kier molecular flexibility index (Phi) is 9.03. The van der Waals surface area contributed by atoms with Gasteiger partial charge in [-0.15, -0.1) is 0 Å². The van der Waals surface area contributed by atoms with Crippen molar-refractivity contribution < 1.29 is 28.2 Å². The molecule has 0 saturated carbocycles. The first-order valence-corrected chi connectivity index (χ1v) is 14.1. The highest BCUT2D eigenvalue weighted by atomic mass is 19.1. The molecule has 10 heteroatoms. The van der Waals surface area contributed by atoms with Crippen LogP contribution in [0.15, 0.2) is 48.7 Å². The molecule has 1 aromatic heterocycles. The number of aromatic nitrogens is 1. The van der Waals surface area contributed by atoms with Crippen LogP contribution < -0.4 is 5.32 Å². The average molecular weight is 579 g/mol. The van der Waals surface area contributed by atoms with Gasteiger partial charge in [0.2, 0.25) is 0 Å². The van der Waals surface area contributed by atoms with E-state index in [9.17, 15) is 14.4 Å². The first-order chi connectivity index (χ1) is 19.7. The highest BCUT2D eigenvalue weighted by molar-refractivity contribution is 6.04. The molecule has 2 aliphatic heterocycles. The molecule has 1 aromatic carbocycles. The zero-order valence-corrected chi connectivity index (χ0v) is 25.1. The number of hydrogen-bond acceptors (Lipinski definition) is 6. The first kappa shape index (κ1) is 30.7. The molecule has 0 atom stereocenters. The van der Waals surface area contributed by atoms with Crippen LogP contribution in [-0.4, -0.2) is 70.3 Å². The second kappa shape index (κ2) is 12.3. The van der Waals surface area contributed by atoms with Crippen molar-refractivity contribution in [1.29, 1.82) is 0 Å². The van der Waals surface area contributed by atoms with Gasteiger partial charge in [-0.05, 0) is 95.4 Å². The third-order valence-corrected chi connectivity index (χ3v) is 6.67. The number of rotatable bonds is 4. The molecule has 0 radical (unpaired) electrons. The molecule has 3 heterocycles. The lowest BCUT2D eigenvalue weighted by Gasteiger charge is -2.29. The van der Waals surface area contributed by atoms with E-state index in [1.807, 2.05) is 59.8 Å². The van der Waals surface area contributed by atoms with Gasteiger partial charge in [-0.25, -0.2) is 19.0 Å². The molecule has 2 aliphatic rings. The summed E-state index contributed by atoms with van der Waals surface area (Å²) in [6.45, 7) is 12.7. The lowest BCUT2D eigenvalue weighted by molar-refractivity contribution is 0.0260. The van der Waals surface area contributed by atoms with Crippen molar-refractivity contribution in [2.45, 2.75) is 65.6 Å². The second-order valence-corrected chi connectivity index (χ2v) is 12.4. The molecule has 0 spiro atoms. The third kappa shape index (κ3) is 8.18. The van der Waals surface area contributed by atoms with E-state index in [1.54, 1.807) is 34.2 Å². The normalized spacial score (nSPS) is 15.9. The molecular weight excluding hydrogens is 539 g/mol. The van der Waals surface area contributed by atoms with E-state index in [0.717, 1.165) is 16.7 Å². The summed E-state index contributed by atoms with van der Waals surface area (Å²) in [4.78, 5) is 45.0. The maximum absolute atomic E-state index is 15.0. The number of nitrogens with zero attached hydrogens (tertiary/aromatic N) is 3. The van der Waals surface area contributed by atoms with Crippen molar-refractivity contribution in [1.82, 2.24) is 14.8 Å². The molecule has 3 amide bonds. The number of amides is 3. The van der Waals surface area contributed by atoms with Crippen LogP contribution in [0.25, 0.3) is 11.1 Å². The van der Waals surface area contributed by atoms with Crippen LogP contribution in [0.5, 0.6) is 0 Å². The molecule has 224 valence electrons. The summed E-state index contributed by atoms with van der Waals surface area (Å²) < 4.78 is 25.9. The van der Waals surface area contributed by atoms with Crippen LogP contribution in [0.1, 0.15) is 75.9 Å². The topological polar surface area (TPSA) is 101 Å². The highest BCUT2D eigenvalue weighted by Crippen LogP contribution is 2.27. The zero-order valence-electron chi connectivity index (χ0n) is 25.1. The Labute approximate surface area is 246 Å². The molecule has 0 unspecified atom stereocenters. The Morgan fingerprint density at radius 3 is 1.86 bits per heavy atom. The number of anilines is 1. The summed E-state index contributed by atoms with van der Waals surface area (Å²) >= 11 is 0. The molecular formula is C32H39FN4O5. The van der Waals surface area contributed by atoms with Gasteiger partial charge < -0.3 is 24.6 Å². The molecule has 0 saturated heterocycles. The van der Waals surface area contributed by atoms with E-state index < -0.39 is 29.0 Å². The Hall–Kier alpha value is -4.21. The van der Waals surface area contributed by atoms with Gasteiger partial charge in [0, 0.05) is 43.5 Å². The van der Waals surface area contributed by atoms with Gasteiger partial charge in [-0.2, -0.15) is 0 Å². The Balaban J connectivity index is 1.33. The quantitative estimate of drug-likeness (QED) is 0.443. The van der Waals surface area contributed by atoms with Crippen molar-refractivity contribution >= 4 is 35.1 Å². The summed E-state index contributed by atoms with van der Waals surface area (Å²) in [7, 11) is 0. The predicted octanol–water partition coefficient (Wildman–Crippen LogP) is 6.52. The number of carbonyl (C=O) groups is 3. The number of halogens is 1. The lowest BCUT2D eigenvalue weighted by Crippen LogP contribution is -2.39. The summed E-state index contributed by atoms with van der Waals surface area (Å²) in [6.07, 6.45) is 5.87. The van der Waals surface area contributed by atoms with Crippen molar-refractivity contribution in [3.05, 3.63) is 71.2 Å². The van der Waals surface area contributed by atoms with Crippen LogP contribution in [0.4, 0.5) is 19.8 Å². The maximum atomic E-state index is 15.0. The van der Waals surface area contributed by atoms with Gasteiger partial charge in [-0.3, -0.25) is 4.79 Å². The van der Waals surface area contributed by atoms with Gasteiger partial charge in [-0.1, -0.05) is 18.2 Å². The molecule has 1 N–H and O–H groups in total. The number of hydrogen-bond donors (Lipinski definition) is 1. The number of nitrogens with one attached hydrogen (secondary N) is 1. The largest absolute Gasteiger partial charge is 0.444 e. The van der Waals surface area contributed by atoms with Crippen LogP contribution in [-0.2, 0) is 9.47 Å². The molecule has 0 fully saturated rings.